The minimum absolute atomic E-state index is 0.225. The van der Waals surface area contributed by atoms with E-state index in [0.29, 0.717) is 13.0 Å². The molecular formula is C7H9ClN2O2. The van der Waals surface area contributed by atoms with Gasteiger partial charge in [0.2, 0.25) is 5.91 Å². The first-order valence-corrected chi connectivity index (χ1v) is 4.09. The molecule has 0 unspecified atom stereocenters. The van der Waals surface area contributed by atoms with Crippen LogP contribution >= 0.6 is 11.6 Å². The molecule has 0 radical (unpaired) electrons. The first kappa shape index (κ1) is 9.19. The average Bonchev–Trinajstić information content (AvgIpc) is 2.04. The van der Waals surface area contributed by atoms with Crippen LogP contribution in [0, 0.1) is 5.41 Å². The van der Waals surface area contributed by atoms with Gasteiger partial charge in [0.25, 0.3) is 5.91 Å². The number of hydrogen-bond donors (Lipinski definition) is 1. The summed E-state index contributed by atoms with van der Waals surface area (Å²) in [6.45, 7) is 0.396. The molecule has 1 rings (SSSR count). The van der Waals surface area contributed by atoms with Gasteiger partial charge in [0.05, 0.1) is 0 Å². The van der Waals surface area contributed by atoms with Crippen LogP contribution in [0.2, 0.25) is 0 Å². The maximum Gasteiger partial charge on any atom is 0.290 e. The Kier molecular flexibility index (Phi) is 2.81. The molecule has 4 nitrogen and oxygen atoms in total. The Labute approximate surface area is 75.0 Å². The Balaban J connectivity index is 2.66. The van der Waals surface area contributed by atoms with Crippen LogP contribution < -0.4 is 0 Å². The van der Waals surface area contributed by atoms with Crippen molar-refractivity contribution in [1.29, 1.82) is 5.41 Å². The van der Waals surface area contributed by atoms with Gasteiger partial charge in [-0.2, -0.15) is 0 Å². The third kappa shape index (κ3) is 1.82. The van der Waals surface area contributed by atoms with Gasteiger partial charge in [-0.15, -0.1) is 0 Å². The lowest BCUT2D eigenvalue weighted by atomic mass is 10.1. The topological polar surface area (TPSA) is 61.2 Å². The second kappa shape index (κ2) is 3.67. The predicted molar refractivity (Wildman–Crippen MR) is 44.2 cm³/mol. The highest BCUT2D eigenvalue weighted by atomic mass is 35.5. The van der Waals surface area contributed by atoms with Gasteiger partial charge in [-0.1, -0.05) is 11.6 Å². The van der Waals surface area contributed by atoms with Crippen molar-refractivity contribution in [1.82, 2.24) is 4.90 Å². The molecule has 0 aliphatic carbocycles. The van der Waals surface area contributed by atoms with E-state index in [9.17, 15) is 9.59 Å². The number of imide groups is 1. The van der Waals surface area contributed by atoms with E-state index in [1.165, 1.54) is 0 Å². The number of nitrogens with one attached hydrogen (secondary N) is 1. The lowest BCUT2D eigenvalue weighted by Gasteiger charge is -2.23. The number of carbonyl (C=O) groups is 2. The number of nitrogens with zero attached hydrogens (tertiary/aromatic N) is 1. The summed E-state index contributed by atoms with van der Waals surface area (Å²) in [6.07, 6.45) is 2.01. The first-order valence-electron chi connectivity index (χ1n) is 3.71. The molecule has 66 valence electrons. The standard InChI is InChI=1S/C7H9ClN2O2/c8-6(9)7(12)10-4-2-1-3-5(10)11/h9H,1-4H2. The molecule has 0 bridgehead atoms. The van der Waals surface area contributed by atoms with Crippen LogP contribution in [-0.4, -0.2) is 28.4 Å². The van der Waals surface area contributed by atoms with Gasteiger partial charge in [-0.25, -0.2) is 0 Å². The number of halogens is 1. The van der Waals surface area contributed by atoms with Gasteiger partial charge < -0.3 is 0 Å². The SMILES string of the molecule is N=C(Cl)C(=O)N1CCCCC1=O. The van der Waals surface area contributed by atoms with E-state index in [2.05, 4.69) is 0 Å². The Bertz CT molecular complexity index is 240. The third-order valence-electron chi connectivity index (χ3n) is 1.76. The summed E-state index contributed by atoms with van der Waals surface area (Å²) in [4.78, 5) is 23.2. The number of piperidine rings is 1. The second-order valence-electron chi connectivity index (χ2n) is 2.62. The number of carbonyl (C=O) groups excluding carboxylic acids is 2. The largest absolute Gasteiger partial charge is 0.290 e. The summed E-state index contributed by atoms with van der Waals surface area (Å²) >= 11 is 5.17. The monoisotopic (exact) mass is 188 g/mol. The second-order valence-corrected chi connectivity index (χ2v) is 3.00. The minimum Gasteiger partial charge on any atom is -0.285 e. The van der Waals surface area contributed by atoms with Crippen LogP contribution in [0.15, 0.2) is 0 Å². The summed E-state index contributed by atoms with van der Waals surface area (Å²) < 4.78 is 0. The molecule has 1 saturated heterocycles. The van der Waals surface area contributed by atoms with E-state index in [1.807, 2.05) is 0 Å². The summed E-state index contributed by atoms with van der Waals surface area (Å²) in [5.41, 5.74) is 0. The molecule has 2 amide bonds. The Hall–Kier alpha value is -0.900. The van der Waals surface area contributed by atoms with E-state index in [1.54, 1.807) is 0 Å². The molecule has 0 saturated carbocycles. The van der Waals surface area contributed by atoms with Crippen molar-refractivity contribution in [3.8, 4) is 0 Å². The van der Waals surface area contributed by atoms with Crippen LogP contribution in [0.3, 0.4) is 0 Å². The van der Waals surface area contributed by atoms with Gasteiger partial charge in [-0.3, -0.25) is 19.9 Å². The van der Waals surface area contributed by atoms with Crippen LogP contribution in [0.4, 0.5) is 0 Å². The number of amides is 2. The molecule has 0 aromatic heterocycles. The quantitative estimate of drug-likeness (QED) is 0.617. The molecule has 0 aromatic carbocycles. The van der Waals surface area contributed by atoms with Crippen LogP contribution in [-0.2, 0) is 9.59 Å². The fraction of sp³-hybridized carbons (Fsp3) is 0.571. The van der Waals surface area contributed by atoms with Crippen molar-refractivity contribution in [3.05, 3.63) is 0 Å². The zero-order chi connectivity index (χ0) is 9.14. The first-order chi connectivity index (χ1) is 5.63. The van der Waals surface area contributed by atoms with Crippen LogP contribution in [0.25, 0.3) is 0 Å². The van der Waals surface area contributed by atoms with Crippen molar-refractivity contribution < 1.29 is 9.59 Å². The van der Waals surface area contributed by atoms with E-state index in [4.69, 9.17) is 17.0 Å². The Morgan fingerprint density at radius 3 is 2.67 bits per heavy atom. The molecule has 1 heterocycles. The molecule has 0 spiro atoms. The average molecular weight is 189 g/mol. The van der Waals surface area contributed by atoms with Gasteiger partial charge in [-0.05, 0) is 12.8 Å². The van der Waals surface area contributed by atoms with Crippen molar-refractivity contribution in [2.45, 2.75) is 19.3 Å². The molecule has 5 heteroatoms. The maximum absolute atomic E-state index is 11.1. The number of rotatable bonds is 1. The van der Waals surface area contributed by atoms with Crippen LogP contribution in [0.1, 0.15) is 19.3 Å². The van der Waals surface area contributed by atoms with Gasteiger partial charge >= 0.3 is 0 Å². The zero-order valence-corrected chi connectivity index (χ0v) is 7.23. The lowest BCUT2D eigenvalue weighted by molar-refractivity contribution is -0.142. The van der Waals surface area contributed by atoms with E-state index >= 15 is 0 Å². The van der Waals surface area contributed by atoms with Crippen LogP contribution in [0.5, 0.6) is 0 Å². The van der Waals surface area contributed by atoms with Gasteiger partial charge in [0.1, 0.15) is 0 Å². The highest BCUT2D eigenvalue weighted by Gasteiger charge is 2.25. The molecule has 1 N–H and O–H groups in total. The molecule has 1 fully saturated rings. The van der Waals surface area contributed by atoms with Crippen molar-refractivity contribution in [2.24, 2.45) is 0 Å². The van der Waals surface area contributed by atoms with Crippen molar-refractivity contribution in [3.63, 3.8) is 0 Å². The third-order valence-corrected chi connectivity index (χ3v) is 1.92. The Morgan fingerprint density at radius 2 is 2.17 bits per heavy atom. The predicted octanol–water partition coefficient (Wildman–Crippen LogP) is 0.742. The number of hydrogen-bond acceptors (Lipinski definition) is 3. The Morgan fingerprint density at radius 1 is 1.50 bits per heavy atom. The minimum atomic E-state index is -0.679. The summed E-state index contributed by atoms with van der Waals surface area (Å²) in [5, 5.41) is 6.26. The normalized spacial score (nSPS) is 17.8. The van der Waals surface area contributed by atoms with Gasteiger partial charge in [0, 0.05) is 13.0 Å². The van der Waals surface area contributed by atoms with Gasteiger partial charge in [0.15, 0.2) is 5.17 Å². The fourth-order valence-electron chi connectivity index (χ4n) is 1.14. The molecule has 1 aliphatic rings. The fourth-order valence-corrected chi connectivity index (χ4v) is 1.24. The summed E-state index contributed by atoms with van der Waals surface area (Å²) in [5.74, 6) is -0.905. The van der Waals surface area contributed by atoms with E-state index in [-0.39, 0.29) is 5.91 Å². The van der Waals surface area contributed by atoms with E-state index in [0.717, 1.165) is 17.7 Å². The zero-order valence-electron chi connectivity index (χ0n) is 6.47. The maximum atomic E-state index is 11.1. The molecule has 0 atom stereocenters. The summed E-state index contributed by atoms with van der Waals surface area (Å²) in [7, 11) is 0. The number of likely N-dealkylation sites (tertiary alicyclic amines) is 1. The van der Waals surface area contributed by atoms with E-state index < -0.39 is 11.1 Å². The summed E-state index contributed by atoms with van der Waals surface area (Å²) in [6, 6.07) is 0. The molecule has 12 heavy (non-hydrogen) atoms. The highest BCUT2D eigenvalue weighted by Crippen LogP contribution is 2.11. The van der Waals surface area contributed by atoms with Crippen molar-refractivity contribution >= 4 is 28.6 Å². The lowest BCUT2D eigenvalue weighted by Crippen LogP contribution is -2.42. The smallest absolute Gasteiger partial charge is 0.285 e. The molecule has 0 aromatic rings. The molecule has 1 aliphatic heterocycles. The molecular weight excluding hydrogens is 180 g/mol. The highest BCUT2D eigenvalue weighted by molar-refractivity contribution is 6.82. The van der Waals surface area contributed by atoms with Crippen molar-refractivity contribution in [2.75, 3.05) is 6.54 Å².